The Hall–Kier alpha value is -4.13. The van der Waals surface area contributed by atoms with Gasteiger partial charge in [-0.1, -0.05) is 26.0 Å². The maximum Gasteiger partial charge on any atom is 0.249 e. The molecule has 2 aromatic rings. The van der Waals surface area contributed by atoms with Crippen LogP contribution in [-0.4, -0.2) is 71.8 Å². The van der Waals surface area contributed by atoms with E-state index >= 15 is 0 Å². The van der Waals surface area contributed by atoms with Crippen LogP contribution in [0.15, 0.2) is 59.7 Å². The van der Waals surface area contributed by atoms with Gasteiger partial charge in [-0.2, -0.15) is 0 Å². The summed E-state index contributed by atoms with van der Waals surface area (Å²) in [5.41, 5.74) is 11.7. The molecule has 0 heterocycles. The Labute approximate surface area is 273 Å². The molecule has 3 amide bonds. The normalized spacial score (nSPS) is 21.7. The van der Waals surface area contributed by atoms with Gasteiger partial charge < -0.3 is 36.6 Å². The first-order valence-corrected chi connectivity index (χ1v) is 15.9. The number of hydrogen-bond donors (Lipinski definition) is 5. The van der Waals surface area contributed by atoms with Gasteiger partial charge in [0, 0.05) is 49.2 Å². The van der Waals surface area contributed by atoms with Crippen molar-refractivity contribution >= 4 is 17.7 Å². The first-order chi connectivity index (χ1) is 22.3. The first-order valence-electron chi connectivity index (χ1n) is 15.9. The number of rotatable bonds is 15. The van der Waals surface area contributed by atoms with Crippen LogP contribution < -0.4 is 21.5 Å². The number of fused-ring (bicyclic) bond motifs is 1. The third kappa shape index (κ3) is 7.89. The summed E-state index contributed by atoms with van der Waals surface area (Å²) < 4.78 is 34.1. The number of benzene rings is 2. The van der Waals surface area contributed by atoms with Crippen LogP contribution in [0.2, 0.25) is 0 Å². The molecular formula is C35H44F2N4O6. The Morgan fingerprint density at radius 2 is 1.74 bits per heavy atom. The van der Waals surface area contributed by atoms with E-state index in [1.807, 2.05) is 19.9 Å². The number of nitrogens with two attached hydrogens (primary N) is 2. The summed E-state index contributed by atoms with van der Waals surface area (Å²) >= 11 is 0. The molecule has 0 saturated carbocycles. The molecule has 2 aliphatic rings. The van der Waals surface area contributed by atoms with Crippen molar-refractivity contribution < 1.29 is 38.1 Å². The molecular weight excluding hydrogens is 610 g/mol. The number of hydrogen-bond acceptors (Lipinski definition) is 7. The van der Waals surface area contributed by atoms with Crippen molar-refractivity contribution in [3.63, 3.8) is 0 Å². The summed E-state index contributed by atoms with van der Waals surface area (Å²) in [5, 5.41) is 25.9. The van der Waals surface area contributed by atoms with Crippen LogP contribution in [0.3, 0.4) is 0 Å². The number of carbonyl (C=O) groups excluding carboxylic acids is 3. The molecule has 254 valence electrons. The number of ether oxygens (including phenoxy) is 1. The SMILES string of the molecule is CCCN(CCC)C(=O)C1=CC(C(N)=O)=CC(C(N)=O)([C@H](Cc2cc(F)cc(F)c2)[C@@H](O)CN[C@@H]2c3cc(OC)ccc3C[C@@H]2O)C1. The van der Waals surface area contributed by atoms with Crippen LogP contribution in [0.1, 0.15) is 55.8 Å². The summed E-state index contributed by atoms with van der Waals surface area (Å²) in [7, 11) is 1.53. The summed E-state index contributed by atoms with van der Waals surface area (Å²) in [5.74, 6) is -4.62. The standard InChI is InChI=1S/C35H44F2N4O6/c1-4-8-41(9-5-2)33(45)23-13-22(32(38)44)17-35(18-23,34(39)46)28(12-20-10-24(36)15-25(37)11-20)30(43)19-40-31-27-16-26(47-3)7-6-21(27)14-29(31)42/h6-7,10-11,13,15-17,28-31,40,42-43H,4-5,8-9,12,14,18-19H2,1-3H3,(H2,38,44)(H2,39,46)/t28-,29+,30+,31-,35?/m1/s1. The quantitative estimate of drug-likeness (QED) is 0.197. The number of carbonyl (C=O) groups is 3. The zero-order chi connectivity index (χ0) is 34.5. The molecule has 2 aliphatic carbocycles. The smallest absolute Gasteiger partial charge is 0.249 e. The number of aliphatic hydroxyl groups excluding tert-OH is 2. The molecule has 4 rings (SSSR count). The number of nitrogens with zero attached hydrogens (tertiary/aromatic N) is 1. The maximum atomic E-state index is 14.4. The van der Waals surface area contributed by atoms with Crippen molar-refractivity contribution in [2.24, 2.45) is 22.8 Å². The molecule has 0 saturated heterocycles. The van der Waals surface area contributed by atoms with E-state index in [0.29, 0.717) is 44.2 Å². The second-order valence-corrected chi connectivity index (χ2v) is 12.4. The molecule has 12 heteroatoms. The Morgan fingerprint density at radius 1 is 1.09 bits per heavy atom. The lowest BCUT2D eigenvalue weighted by atomic mass is 9.63. The number of amides is 3. The molecule has 0 spiro atoms. The van der Waals surface area contributed by atoms with Crippen molar-refractivity contribution in [2.75, 3.05) is 26.7 Å². The maximum absolute atomic E-state index is 14.4. The lowest BCUT2D eigenvalue weighted by Crippen LogP contribution is -2.52. The summed E-state index contributed by atoms with van der Waals surface area (Å²) in [6, 6.07) is 7.69. The van der Waals surface area contributed by atoms with E-state index < -0.39 is 58.9 Å². The average Bonchev–Trinajstić information content (AvgIpc) is 3.34. The number of primary amides is 2. The largest absolute Gasteiger partial charge is 0.497 e. The second-order valence-electron chi connectivity index (χ2n) is 12.4. The van der Waals surface area contributed by atoms with Gasteiger partial charge in [0.2, 0.25) is 17.7 Å². The zero-order valence-corrected chi connectivity index (χ0v) is 27.0. The topological polar surface area (TPSA) is 168 Å². The fraction of sp³-hybridized carbons (Fsp3) is 0.457. The van der Waals surface area contributed by atoms with Crippen LogP contribution >= 0.6 is 0 Å². The van der Waals surface area contributed by atoms with Crippen molar-refractivity contribution in [3.05, 3.63) is 88.0 Å². The van der Waals surface area contributed by atoms with E-state index in [9.17, 15) is 33.4 Å². The Balaban J connectivity index is 1.77. The highest BCUT2D eigenvalue weighted by atomic mass is 19.1. The average molecular weight is 655 g/mol. The van der Waals surface area contributed by atoms with E-state index in [2.05, 4.69) is 5.32 Å². The summed E-state index contributed by atoms with van der Waals surface area (Å²) in [4.78, 5) is 41.6. The molecule has 0 radical (unpaired) electrons. The minimum absolute atomic E-state index is 0.102. The summed E-state index contributed by atoms with van der Waals surface area (Å²) in [6.45, 7) is 4.50. The van der Waals surface area contributed by atoms with E-state index in [1.54, 1.807) is 17.0 Å². The molecule has 47 heavy (non-hydrogen) atoms. The molecule has 5 atom stereocenters. The molecule has 2 aromatic carbocycles. The van der Waals surface area contributed by atoms with Gasteiger partial charge >= 0.3 is 0 Å². The van der Waals surface area contributed by atoms with Gasteiger partial charge in [0.25, 0.3) is 0 Å². The highest BCUT2D eigenvalue weighted by molar-refractivity contribution is 6.03. The fourth-order valence-electron chi connectivity index (χ4n) is 6.85. The molecule has 7 N–H and O–H groups in total. The predicted octanol–water partition coefficient (Wildman–Crippen LogP) is 2.60. The molecule has 0 aromatic heterocycles. The third-order valence-electron chi connectivity index (χ3n) is 9.07. The highest BCUT2D eigenvalue weighted by Crippen LogP contribution is 2.45. The van der Waals surface area contributed by atoms with Crippen molar-refractivity contribution in [1.29, 1.82) is 0 Å². The third-order valence-corrected chi connectivity index (χ3v) is 9.07. The lowest BCUT2D eigenvalue weighted by molar-refractivity contribution is -0.132. The lowest BCUT2D eigenvalue weighted by Gasteiger charge is -2.42. The zero-order valence-electron chi connectivity index (χ0n) is 27.0. The van der Waals surface area contributed by atoms with Crippen LogP contribution in [0.25, 0.3) is 0 Å². The fourth-order valence-corrected chi connectivity index (χ4v) is 6.85. The van der Waals surface area contributed by atoms with Crippen molar-refractivity contribution in [2.45, 2.75) is 64.2 Å². The number of aliphatic hydroxyl groups is 2. The van der Waals surface area contributed by atoms with Gasteiger partial charge in [-0.25, -0.2) is 8.78 Å². The van der Waals surface area contributed by atoms with Crippen molar-refractivity contribution in [3.8, 4) is 5.75 Å². The number of nitrogens with one attached hydrogen (secondary N) is 1. The van der Waals surface area contributed by atoms with Gasteiger partial charge in [-0.3, -0.25) is 14.4 Å². The predicted molar refractivity (Wildman–Crippen MR) is 172 cm³/mol. The first kappa shape index (κ1) is 35.7. The van der Waals surface area contributed by atoms with Crippen LogP contribution in [0, 0.1) is 23.0 Å². The number of halogens is 2. The number of methoxy groups -OCH3 is 1. The minimum Gasteiger partial charge on any atom is -0.497 e. The van der Waals surface area contributed by atoms with Crippen LogP contribution in [0.5, 0.6) is 5.75 Å². The van der Waals surface area contributed by atoms with E-state index in [1.165, 1.54) is 19.3 Å². The van der Waals surface area contributed by atoms with Crippen LogP contribution in [-0.2, 0) is 27.2 Å². The van der Waals surface area contributed by atoms with Gasteiger partial charge in [-0.05, 0) is 72.7 Å². The Bertz CT molecular complexity index is 1540. The van der Waals surface area contributed by atoms with E-state index in [-0.39, 0.29) is 36.1 Å². The van der Waals surface area contributed by atoms with Gasteiger partial charge in [0.05, 0.1) is 30.8 Å². The minimum atomic E-state index is -1.87. The summed E-state index contributed by atoms with van der Waals surface area (Å²) in [6.07, 6.45) is 1.49. The monoisotopic (exact) mass is 654 g/mol. The highest BCUT2D eigenvalue weighted by Gasteiger charge is 2.49. The molecule has 0 fully saturated rings. The van der Waals surface area contributed by atoms with Gasteiger partial charge in [0.1, 0.15) is 17.4 Å². The molecule has 0 bridgehead atoms. The van der Waals surface area contributed by atoms with Crippen LogP contribution in [0.4, 0.5) is 8.78 Å². The Morgan fingerprint density at radius 3 is 2.32 bits per heavy atom. The van der Waals surface area contributed by atoms with E-state index in [4.69, 9.17) is 16.2 Å². The van der Waals surface area contributed by atoms with Crippen molar-refractivity contribution in [1.82, 2.24) is 10.2 Å². The molecule has 0 aliphatic heterocycles. The van der Waals surface area contributed by atoms with E-state index in [0.717, 1.165) is 23.3 Å². The Kier molecular flexibility index (Phi) is 11.5. The second kappa shape index (κ2) is 15.2. The molecule has 10 nitrogen and oxygen atoms in total. The van der Waals surface area contributed by atoms with Gasteiger partial charge in [-0.15, -0.1) is 0 Å². The van der Waals surface area contributed by atoms with Gasteiger partial charge in [0.15, 0.2) is 0 Å². The molecule has 1 unspecified atom stereocenters.